The molecule has 0 aliphatic carbocycles. The minimum Gasteiger partial charge on any atom is -0.462 e. The van der Waals surface area contributed by atoms with E-state index in [1.807, 2.05) is 0 Å². The largest absolute Gasteiger partial charge is 0.462 e. The molecule has 13 N–H and O–H groups in total. The normalized spacial score (nSPS) is 31.2. The van der Waals surface area contributed by atoms with Crippen LogP contribution in [0.1, 0.15) is 29.5 Å². The molecular formula is C45H56O25. The molecule has 0 bridgehead atoms. The molecule has 3 aliphatic rings. The van der Waals surface area contributed by atoms with Crippen molar-refractivity contribution in [2.45, 2.75) is 130 Å². The van der Waals surface area contributed by atoms with Gasteiger partial charge in [0.1, 0.15) is 110 Å². The Morgan fingerprint density at radius 2 is 0.686 bits per heavy atom. The molecule has 386 valence electrons. The number of hydrogen-bond donors (Lipinski definition) is 13. The summed E-state index contributed by atoms with van der Waals surface area (Å²) < 4.78 is 48.6. The van der Waals surface area contributed by atoms with E-state index in [0.29, 0.717) is 16.7 Å². The zero-order chi connectivity index (χ0) is 50.9. The van der Waals surface area contributed by atoms with Gasteiger partial charge in [-0.15, -0.1) is 0 Å². The molecule has 3 aromatic rings. The predicted molar refractivity (Wildman–Crippen MR) is 226 cm³/mol. The van der Waals surface area contributed by atoms with Crippen molar-refractivity contribution in [2.75, 3.05) is 19.8 Å². The molecule has 6 rings (SSSR count). The van der Waals surface area contributed by atoms with Gasteiger partial charge in [0.25, 0.3) is 0 Å². The van der Waals surface area contributed by atoms with E-state index in [-0.39, 0.29) is 17.2 Å². The van der Waals surface area contributed by atoms with Crippen molar-refractivity contribution in [3.63, 3.8) is 0 Å². The first-order valence-electron chi connectivity index (χ1n) is 21.7. The Hall–Kier alpha value is -5.17. The number of rotatable bonds is 20. The van der Waals surface area contributed by atoms with Crippen LogP contribution < -0.4 is 14.2 Å². The van der Waals surface area contributed by atoms with Crippen LogP contribution in [0.15, 0.2) is 72.8 Å². The molecule has 3 saturated heterocycles. The highest BCUT2D eigenvalue weighted by atomic mass is 16.7. The maximum atomic E-state index is 13.6. The lowest BCUT2D eigenvalue weighted by atomic mass is 9.95. The second-order valence-electron chi connectivity index (χ2n) is 16.7. The van der Waals surface area contributed by atoms with E-state index in [1.165, 1.54) is 72.8 Å². The van der Waals surface area contributed by atoms with Crippen molar-refractivity contribution in [1.29, 1.82) is 0 Å². The lowest BCUT2D eigenvalue weighted by Gasteiger charge is -2.39. The van der Waals surface area contributed by atoms with Gasteiger partial charge < -0.3 is 109 Å². The number of aliphatic hydroxyl groups is 13. The fourth-order valence-electron chi connectivity index (χ4n) is 7.29. The first-order valence-corrected chi connectivity index (χ1v) is 21.7. The molecule has 3 fully saturated rings. The molecule has 0 amide bonds. The van der Waals surface area contributed by atoms with Crippen LogP contribution in [0.25, 0.3) is 0 Å². The third-order valence-electron chi connectivity index (χ3n) is 11.5. The van der Waals surface area contributed by atoms with Crippen molar-refractivity contribution in [2.24, 2.45) is 0 Å². The van der Waals surface area contributed by atoms with Gasteiger partial charge in [-0.1, -0.05) is 36.4 Å². The van der Waals surface area contributed by atoms with Gasteiger partial charge >= 0.3 is 17.9 Å². The van der Waals surface area contributed by atoms with Crippen LogP contribution in [0.2, 0.25) is 0 Å². The third kappa shape index (κ3) is 13.4. The van der Waals surface area contributed by atoms with Crippen LogP contribution in [0, 0.1) is 0 Å². The van der Waals surface area contributed by atoms with Crippen LogP contribution in [0.4, 0.5) is 0 Å². The highest BCUT2D eigenvalue weighted by molar-refractivity contribution is 5.90. The Kier molecular flexibility index (Phi) is 18.8. The van der Waals surface area contributed by atoms with Gasteiger partial charge in [-0.2, -0.15) is 0 Å². The molecular weight excluding hydrogens is 940 g/mol. The van der Waals surface area contributed by atoms with Crippen LogP contribution in [-0.4, -0.2) is 202 Å². The Morgan fingerprint density at radius 1 is 0.414 bits per heavy atom. The number of ether oxygens (including phenoxy) is 9. The molecule has 70 heavy (non-hydrogen) atoms. The SMILES string of the molecule is O=C(CC(O)(CC(=O)OCc1ccc(O[C@H]2O[C@@H](CO)[C@H](O)[C@@H](O)[C@@H]2O)cc1)C(=O)OCc1ccc(O[C@H]2O[C@@H](CO)[C@H](O)[C@@H](O)[C@@H]2O)cc1)OCc1ccc(O[C@H]2O[C@@H](CO)[C@H](O)[C@@H](O)[C@@H]2O)cc1. The zero-order valence-electron chi connectivity index (χ0n) is 37.0. The highest BCUT2D eigenvalue weighted by Crippen LogP contribution is 2.29. The van der Waals surface area contributed by atoms with Crippen molar-refractivity contribution in [3.8, 4) is 17.2 Å². The van der Waals surface area contributed by atoms with Gasteiger partial charge in [0, 0.05) is 0 Å². The number of carbonyl (C=O) groups excluding carboxylic acids is 3. The molecule has 3 aliphatic heterocycles. The number of benzene rings is 3. The Bertz CT molecular complexity index is 2040. The lowest BCUT2D eigenvalue weighted by Crippen LogP contribution is -2.60. The van der Waals surface area contributed by atoms with E-state index in [9.17, 15) is 80.8 Å². The lowest BCUT2D eigenvalue weighted by molar-refractivity contribution is -0.277. The van der Waals surface area contributed by atoms with Crippen molar-refractivity contribution < 1.29 is 123 Å². The van der Waals surface area contributed by atoms with E-state index in [1.54, 1.807) is 0 Å². The van der Waals surface area contributed by atoms with Gasteiger partial charge in [-0.05, 0) is 53.1 Å². The molecule has 3 heterocycles. The highest BCUT2D eigenvalue weighted by Gasteiger charge is 2.48. The van der Waals surface area contributed by atoms with Gasteiger partial charge in [0.15, 0.2) is 5.60 Å². The quantitative estimate of drug-likeness (QED) is 0.0373. The van der Waals surface area contributed by atoms with E-state index < -0.39 is 168 Å². The molecule has 0 aromatic heterocycles. The molecule has 0 saturated carbocycles. The average molecular weight is 997 g/mol. The first kappa shape index (κ1) is 54.2. The Morgan fingerprint density at radius 3 is 0.957 bits per heavy atom. The van der Waals surface area contributed by atoms with Crippen LogP contribution in [0.3, 0.4) is 0 Å². The van der Waals surface area contributed by atoms with Gasteiger partial charge in [0.2, 0.25) is 18.9 Å². The Balaban J connectivity index is 1.07. The molecule has 0 radical (unpaired) electrons. The zero-order valence-corrected chi connectivity index (χ0v) is 37.0. The summed E-state index contributed by atoms with van der Waals surface area (Å²) in [7, 11) is 0. The number of aliphatic hydroxyl groups excluding tert-OH is 12. The third-order valence-corrected chi connectivity index (χ3v) is 11.5. The Labute approximate surface area is 397 Å². The maximum Gasteiger partial charge on any atom is 0.339 e. The summed E-state index contributed by atoms with van der Waals surface area (Å²) in [6.45, 7) is -3.36. The van der Waals surface area contributed by atoms with Crippen molar-refractivity contribution >= 4 is 17.9 Å². The van der Waals surface area contributed by atoms with Crippen LogP contribution in [-0.2, 0) is 62.6 Å². The summed E-state index contributed by atoms with van der Waals surface area (Å²) in [5.41, 5.74) is -1.82. The molecule has 25 nitrogen and oxygen atoms in total. The van der Waals surface area contributed by atoms with E-state index in [4.69, 9.17) is 42.6 Å². The smallest absolute Gasteiger partial charge is 0.339 e. The second-order valence-corrected chi connectivity index (χ2v) is 16.7. The summed E-state index contributed by atoms with van der Waals surface area (Å²) >= 11 is 0. The fraction of sp³-hybridized carbons (Fsp3) is 0.533. The van der Waals surface area contributed by atoms with Crippen LogP contribution in [0.5, 0.6) is 17.2 Å². The fourth-order valence-corrected chi connectivity index (χ4v) is 7.29. The summed E-state index contributed by atoms with van der Waals surface area (Å²) in [5, 5.41) is 131. The average Bonchev–Trinajstić information content (AvgIpc) is 3.35. The topological polar surface area (TPSA) is 397 Å². The molecule has 0 unspecified atom stereocenters. The summed E-state index contributed by atoms with van der Waals surface area (Å²) in [4.78, 5) is 39.9. The molecule has 15 atom stereocenters. The summed E-state index contributed by atoms with van der Waals surface area (Å²) in [5.74, 6) is -3.41. The minimum atomic E-state index is -2.85. The van der Waals surface area contributed by atoms with Crippen molar-refractivity contribution in [3.05, 3.63) is 89.5 Å². The van der Waals surface area contributed by atoms with E-state index in [2.05, 4.69) is 0 Å². The molecule has 25 heteroatoms. The van der Waals surface area contributed by atoms with Crippen LogP contribution >= 0.6 is 0 Å². The van der Waals surface area contributed by atoms with Gasteiger partial charge in [-0.3, -0.25) is 9.59 Å². The molecule has 3 aromatic carbocycles. The number of hydrogen-bond acceptors (Lipinski definition) is 25. The summed E-state index contributed by atoms with van der Waals surface area (Å²) in [6, 6.07) is 16.9. The predicted octanol–water partition coefficient (Wildman–Crippen LogP) is -4.74. The van der Waals surface area contributed by atoms with Crippen molar-refractivity contribution in [1.82, 2.24) is 0 Å². The first-order chi connectivity index (χ1) is 33.3. The van der Waals surface area contributed by atoms with E-state index >= 15 is 0 Å². The monoisotopic (exact) mass is 996 g/mol. The number of esters is 3. The molecule has 0 spiro atoms. The standard InChI is InChI=1S/C45H56O25/c46-15-27-32(51)35(54)38(57)41(68-27)65-24-7-1-21(2-8-24)18-62-30(49)13-45(61,44(60)64-20-23-5-11-26(12-6-23)67-43-40(59)37(56)34(53)29(17-48)70-43)14-31(50)63-19-22-3-9-25(10-4-22)66-42-39(58)36(55)33(52)28(16-47)69-42/h1-12,27-29,32-43,46-48,51-59,61H,13-20H2/t27-,28-,29-,32-,33-,34-,35+,36+,37+,38-,39-,40-,41-,42-,43-/m0/s1. The van der Waals surface area contributed by atoms with E-state index in [0.717, 1.165) is 0 Å². The second kappa shape index (κ2) is 24.3. The summed E-state index contributed by atoms with van der Waals surface area (Å²) in [6.07, 6.45) is -25.1. The minimum absolute atomic E-state index is 0.0911. The van der Waals surface area contributed by atoms with Gasteiger partial charge in [0.05, 0.1) is 32.7 Å². The number of carbonyl (C=O) groups is 3. The van der Waals surface area contributed by atoms with Gasteiger partial charge in [-0.25, -0.2) is 4.79 Å². The maximum absolute atomic E-state index is 13.6.